The lowest BCUT2D eigenvalue weighted by Gasteiger charge is -2.27. The number of piperazine rings is 1. The van der Waals surface area contributed by atoms with E-state index in [2.05, 4.69) is 36.1 Å². The topological polar surface area (TPSA) is 41.1 Å². The van der Waals surface area contributed by atoms with Crippen LogP contribution in [0, 0.1) is 0 Å². The molecule has 0 saturated carbocycles. The molecule has 2 heterocycles. The monoisotopic (exact) mass is 278 g/mol. The van der Waals surface area contributed by atoms with Crippen molar-refractivity contribution in [3.63, 3.8) is 0 Å². The molecule has 1 aliphatic rings. The summed E-state index contributed by atoms with van der Waals surface area (Å²) in [7, 11) is 0. The molecule has 6 heteroatoms. The molecule has 0 spiro atoms. The Morgan fingerprint density at radius 3 is 2.71 bits per heavy atom. The summed E-state index contributed by atoms with van der Waals surface area (Å²) in [6, 6.07) is 1.84. The van der Waals surface area contributed by atoms with Crippen molar-refractivity contribution in [2.45, 2.75) is 0 Å². The van der Waals surface area contributed by atoms with Crippen LogP contribution in [0.1, 0.15) is 0 Å². The van der Waals surface area contributed by atoms with Crippen molar-refractivity contribution in [3.05, 3.63) is 16.9 Å². The summed E-state index contributed by atoms with van der Waals surface area (Å²) in [5.74, 6) is 0.816. The second-order valence-electron chi connectivity index (χ2n) is 2.92. The maximum Gasteiger partial charge on any atom is 0.226 e. The largest absolute Gasteiger partial charge is 0.338 e. The fourth-order valence-corrected chi connectivity index (χ4v) is 1.62. The highest BCUT2D eigenvalue weighted by Gasteiger charge is 2.12. The highest BCUT2D eigenvalue weighted by Crippen LogP contribution is 2.11. The maximum atomic E-state index is 4.30. The van der Waals surface area contributed by atoms with Crippen molar-refractivity contribution < 1.29 is 0 Å². The van der Waals surface area contributed by atoms with Crippen LogP contribution >= 0.6 is 28.3 Å². The van der Waals surface area contributed by atoms with Crippen LogP contribution < -0.4 is 10.2 Å². The zero-order chi connectivity index (χ0) is 9.10. The van der Waals surface area contributed by atoms with Crippen molar-refractivity contribution in [2.75, 3.05) is 31.1 Å². The summed E-state index contributed by atoms with van der Waals surface area (Å²) in [4.78, 5) is 10.7. The quantitative estimate of drug-likeness (QED) is 0.781. The first-order chi connectivity index (χ1) is 6.36. The number of halogens is 2. The van der Waals surface area contributed by atoms with E-state index in [4.69, 9.17) is 0 Å². The summed E-state index contributed by atoms with van der Waals surface area (Å²) in [5.41, 5.74) is 0. The van der Waals surface area contributed by atoms with Crippen molar-refractivity contribution in [3.8, 4) is 0 Å². The molecule has 0 unspecified atom stereocenters. The molecule has 78 valence electrons. The van der Waals surface area contributed by atoms with Gasteiger partial charge in [-0.1, -0.05) is 0 Å². The summed E-state index contributed by atoms with van der Waals surface area (Å²) >= 11 is 3.34. The molecule has 0 atom stereocenters. The van der Waals surface area contributed by atoms with Crippen LogP contribution in [0.2, 0.25) is 0 Å². The number of hydrogen-bond acceptors (Lipinski definition) is 4. The zero-order valence-corrected chi connectivity index (χ0v) is 10.0. The average molecular weight is 280 g/mol. The van der Waals surface area contributed by atoms with Crippen LogP contribution in [-0.2, 0) is 0 Å². The van der Waals surface area contributed by atoms with Gasteiger partial charge >= 0.3 is 0 Å². The highest BCUT2D eigenvalue weighted by atomic mass is 79.9. The SMILES string of the molecule is Brc1ccnc(N2CCNCC2)n1.Cl. The Morgan fingerprint density at radius 1 is 1.36 bits per heavy atom. The van der Waals surface area contributed by atoms with Gasteiger partial charge in [0.2, 0.25) is 5.95 Å². The third-order valence-corrected chi connectivity index (χ3v) is 2.45. The Balaban J connectivity index is 0.000000980. The van der Waals surface area contributed by atoms with Gasteiger partial charge in [-0.25, -0.2) is 9.97 Å². The smallest absolute Gasteiger partial charge is 0.226 e. The summed E-state index contributed by atoms with van der Waals surface area (Å²) in [6.07, 6.45) is 1.77. The second kappa shape index (κ2) is 5.48. The Hall–Kier alpha value is -0.390. The Bertz CT molecular complexity index is 290. The molecule has 1 saturated heterocycles. The molecule has 1 aromatic heterocycles. The van der Waals surface area contributed by atoms with Crippen LogP contribution in [0.3, 0.4) is 0 Å². The number of rotatable bonds is 1. The molecule has 1 N–H and O–H groups in total. The first kappa shape index (κ1) is 11.7. The van der Waals surface area contributed by atoms with Gasteiger partial charge in [0.1, 0.15) is 4.60 Å². The number of nitrogens with zero attached hydrogens (tertiary/aromatic N) is 3. The highest BCUT2D eigenvalue weighted by molar-refractivity contribution is 9.10. The number of hydrogen-bond donors (Lipinski definition) is 1. The molecular weight excluding hydrogens is 267 g/mol. The van der Waals surface area contributed by atoms with Gasteiger partial charge in [-0.05, 0) is 22.0 Å². The maximum absolute atomic E-state index is 4.30. The fraction of sp³-hybridized carbons (Fsp3) is 0.500. The molecule has 1 aromatic rings. The zero-order valence-electron chi connectivity index (χ0n) is 7.61. The van der Waals surface area contributed by atoms with Gasteiger partial charge in [0.05, 0.1) is 0 Å². The van der Waals surface area contributed by atoms with E-state index in [9.17, 15) is 0 Å². The lowest BCUT2D eigenvalue weighted by atomic mass is 10.4. The van der Waals surface area contributed by atoms with Gasteiger partial charge < -0.3 is 10.2 Å². The second-order valence-corrected chi connectivity index (χ2v) is 3.73. The van der Waals surface area contributed by atoms with Gasteiger partial charge in [-0.2, -0.15) is 0 Å². The van der Waals surface area contributed by atoms with E-state index in [0.29, 0.717) is 0 Å². The van der Waals surface area contributed by atoms with Gasteiger partial charge in [-0.3, -0.25) is 0 Å². The molecule has 0 aliphatic carbocycles. The average Bonchev–Trinajstić information content (AvgIpc) is 2.19. The predicted molar refractivity (Wildman–Crippen MR) is 62.1 cm³/mol. The molecule has 14 heavy (non-hydrogen) atoms. The van der Waals surface area contributed by atoms with Gasteiger partial charge in [0.15, 0.2) is 0 Å². The molecular formula is C8H12BrClN4. The normalized spacial score (nSPS) is 16.2. The van der Waals surface area contributed by atoms with Crippen LogP contribution in [0.25, 0.3) is 0 Å². The van der Waals surface area contributed by atoms with E-state index in [1.54, 1.807) is 6.20 Å². The fourth-order valence-electron chi connectivity index (χ4n) is 1.34. The minimum Gasteiger partial charge on any atom is -0.338 e. The molecule has 0 amide bonds. The summed E-state index contributed by atoms with van der Waals surface area (Å²) in [5, 5.41) is 3.29. The van der Waals surface area contributed by atoms with Crippen molar-refractivity contribution in [1.82, 2.24) is 15.3 Å². The number of nitrogens with one attached hydrogen (secondary N) is 1. The van der Waals surface area contributed by atoms with E-state index in [1.165, 1.54) is 0 Å². The van der Waals surface area contributed by atoms with Crippen molar-refractivity contribution in [1.29, 1.82) is 0 Å². The third-order valence-electron chi connectivity index (χ3n) is 2.01. The summed E-state index contributed by atoms with van der Waals surface area (Å²) in [6.45, 7) is 3.98. The summed E-state index contributed by atoms with van der Waals surface area (Å²) < 4.78 is 0.844. The van der Waals surface area contributed by atoms with Crippen LogP contribution in [0.4, 0.5) is 5.95 Å². The molecule has 0 bridgehead atoms. The van der Waals surface area contributed by atoms with Crippen molar-refractivity contribution in [2.24, 2.45) is 0 Å². The molecule has 1 fully saturated rings. The molecule has 2 rings (SSSR count). The number of aromatic nitrogens is 2. The molecule has 0 aromatic carbocycles. The third kappa shape index (κ3) is 2.80. The van der Waals surface area contributed by atoms with E-state index in [1.807, 2.05) is 6.07 Å². The van der Waals surface area contributed by atoms with Gasteiger partial charge in [-0.15, -0.1) is 12.4 Å². The molecule has 4 nitrogen and oxygen atoms in total. The first-order valence-corrected chi connectivity index (χ1v) is 5.10. The molecule has 1 aliphatic heterocycles. The van der Waals surface area contributed by atoms with Crippen LogP contribution in [0.15, 0.2) is 16.9 Å². The first-order valence-electron chi connectivity index (χ1n) is 4.30. The molecule has 0 radical (unpaired) electrons. The van der Waals surface area contributed by atoms with Gasteiger partial charge in [0.25, 0.3) is 0 Å². The van der Waals surface area contributed by atoms with E-state index in [-0.39, 0.29) is 12.4 Å². The number of anilines is 1. The van der Waals surface area contributed by atoms with Crippen molar-refractivity contribution >= 4 is 34.3 Å². The Kier molecular flexibility index (Phi) is 4.57. The Morgan fingerprint density at radius 2 is 2.07 bits per heavy atom. The lowest BCUT2D eigenvalue weighted by molar-refractivity contribution is 0.579. The van der Waals surface area contributed by atoms with Crippen LogP contribution in [0.5, 0.6) is 0 Å². The van der Waals surface area contributed by atoms with E-state index < -0.39 is 0 Å². The minimum atomic E-state index is 0. The standard InChI is InChI=1S/C8H11BrN4.ClH/c9-7-1-2-11-8(12-7)13-5-3-10-4-6-13;/h1-2,10H,3-6H2;1H. The van der Waals surface area contributed by atoms with Gasteiger partial charge in [0, 0.05) is 32.4 Å². The lowest BCUT2D eigenvalue weighted by Crippen LogP contribution is -2.44. The van der Waals surface area contributed by atoms with Crippen LogP contribution in [-0.4, -0.2) is 36.1 Å². The predicted octanol–water partition coefficient (Wildman–Crippen LogP) is 1.07. The van der Waals surface area contributed by atoms with E-state index >= 15 is 0 Å². The van der Waals surface area contributed by atoms with E-state index in [0.717, 1.165) is 36.7 Å². The Labute approximate surface area is 97.7 Å². The minimum absolute atomic E-state index is 0.